The van der Waals surface area contributed by atoms with Crippen LogP contribution >= 0.6 is 0 Å². The molecular weight excluding hydrogens is 240 g/mol. The third-order valence-corrected chi connectivity index (χ3v) is 3.35. The summed E-state index contributed by atoms with van der Waals surface area (Å²) in [6.07, 6.45) is 5.56. The Bertz CT molecular complexity index is 420. The first-order chi connectivity index (χ1) is 9.06. The van der Waals surface area contributed by atoms with Crippen molar-refractivity contribution in [3.05, 3.63) is 35.4 Å². The van der Waals surface area contributed by atoms with E-state index in [1.54, 1.807) is 12.1 Å². The molecule has 0 heterocycles. The first kappa shape index (κ1) is 15.4. The number of ketones is 1. The summed E-state index contributed by atoms with van der Waals surface area (Å²) in [5.74, 6) is -0.854. The van der Waals surface area contributed by atoms with Crippen molar-refractivity contribution in [2.45, 2.75) is 46.0 Å². The maximum absolute atomic E-state index is 12.1. The second-order valence-electron chi connectivity index (χ2n) is 5.00. The number of carbonyl (C=O) groups is 2. The number of carbonyl (C=O) groups excluding carboxylic acids is 1. The maximum atomic E-state index is 12.1. The Morgan fingerprint density at radius 1 is 1.05 bits per heavy atom. The van der Waals surface area contributed by atoms with E-state index in [1.165, 1.54) is 31.4 Å². The smallest absolute Gasteiger partial charge is 0.335 e. The zero-order chi connectivity index (χ0) is 14.3. The molecule has 0 saturated carbocycles. The predicted molar refractivity (Wildman–Crippen MR) is 75.7 cm³/mol. The second kappa shape index (κ2) is 7.72. The average molecular weight is 262 g/mol. The molecule has 0 aromatic heterocycles. The molecule has 3 heteroatoms. The Hall–Kier alpha value is -1.64. The number of carboxylic acid groups (broad SMARTS) is 1. The highest BCUT2D eigenvalue weighted by atomic mass is 16.4. The van der Waals surface area contributed by atoms with Crippen molar-refractivity contribution >= 4 is 11.8 Å². The van der Waals surface area contributed by atoms with Gasteiger partial charge in [-0.25, -0.2) is 4.79 Å². The van der Waals surface area contributed by atoms with Crippen LogP contribution in [0.1, 0.15) is 66.7 Å². The maximum Gasteiger partial charge on any atom is 0.335 e. The molecule has 0 aliphatic carbocycles. The van der Waals surface area contributed by atoms with E-state index >= 15 is 0 Å². The standard InChI is InChI=1S/C16H22O3/c1-3-4-5-6-7-12(2)15(17)13-8-10-14(11-9-13)16(18)19/h8-12H,3-7H2,1-2H3,(H,18,19). The van der Waals surface area contributed by atoms with Crippen LogP contribution in [0.3, 0.4) is 0 Å². The summed E-state index contributed by atoms with van der Waals surface area (Å²) in [4.78, 5) is 22.9. The van der Waals surface area contributed by atoms with Gasteiger partial charge in [0, 0.05) is 11.5 Å². The molecule has 104 valence electrons. The van der Waals surface area contributed by atoms with Gasteiger partial charge in [0.25, 0.3) is 0 Å². The van der Waals surface area contributed by atoms with Crippen molar-refractivity contribution in [3.8, 4) is 0 Å². The Kier molecular flexibility index (Phi) is 6.26. The van der Waals surface area contributed by atoms with Gasteiger partial charge in [-0.3, -0.25) is 4.79 Å². The molecule has 0 amide bonds. The van der Waals surface area contributed by atoms with E-state index in [1.807, 2.05) is 6.92 Å². The van der Waals surface area contributed by atoms with Crippen LogP contribution in [0.5, 0.6) is 0 Å². The lowest BCUT2D eigenvalue weighted by Crippen LogP contribution is -2.11. The first-order valence-corrected chi connectivity index (χ1v) is 6.93. The zero-order valence-electron chi connectivity index (χ0n) is 11.7. The number of benzene rings is 1. The number of hydrogen-bond acceptors (Lipinski definition) is 2. The van der Waals surface area contributed by atoms with Crippen LogP contribution < -0.4 is 0 Å². The van der Waals surface area contributed by atoms with Gasteiger partial charge in [-0.2, -0.15) is 0 Å². The lowest BCUT2D eigenvalue weighted by molar-refractivity contribution is 0.0696. The minimum absolute atomic E-state index is 0.00698. The summed E-state index contributed by atoms with van der Waals surface area (Å²) in [5.41, 5.74) is 0.820. The molecule has 0 fully saturated rings. The van der Waals surface area contributed by atoms with Gasteiger partial charge in [-0.15, -0.1) is 0 Å². The van der Waals surface area contributed by atoms with Crippen LogP contribution in [0.2, 0.25) is 0 Å². The van der Waals surface area contributed by atoms with Gasteiger partial charge in [0.15, 0.2) is 5.78 Å². The summed E-state index contributed by atoms with van der Waals surface area (Å²) in [6.45, 7) is 4.11. The molecule has 1 unspecified atom stereocenters. The van der Waals surface area contributed by atoms with Crippen molar-refractivity contribution < 1.29 is 14.7 Å². The molecule has 1 aromatic carbocycles. The van der Waals surface area contributed by atoms with Gasteiger partial charge in [0.1, 0.15) is 0 Å². The fourth-order valence-electron chi connectivity index (χ4n) is 2.07. The molecule has 3 nitrogen and oxygen atoms in total. The number of hydrogen-bond donors (Lipinski definition) is 1. The van der Waals surface area contributed by atoms with Crippen molar-refractivity contribution in [1.29, 1.82) is 0 Å². The van der Waals surface area contributed by atoms with Gasteiger partial charge >= 0.3 is 5.97 Å². The third-order valence-electron chi connectivity index (χ3n) is 3.35. The summed E-state index contributed by atoms with van der Waals surface area (Å²) in [7, 11) is 0. The van der Waals surface area contributed by atoms with Crippen LogP contribution in [0.4, 0.5) is 0 Å². The van der Waals surface area contributed by atoms with E-state index in [9.17, 15) is 9.59 Å². The van der Waals surface area contributed by atoms with E-state index in [2.05, 4.69) is 6.92 Å². The van der Waals surface area contributed by atoms with Gasteiger partial charge in [-0.1, -0.05) is 51.7 Å². The lowest BCUT2D eigenvalue weighted by atomic mass is 9.93. The van der Waals surface area contributed by atoms with E-state index in [0.717, 1.165) is 12.8 Å². The normalized spacial score (nSPS) is 12.1. The van der Waals surface area contributed by atoms with Crippen molar-refractivity contribution in [2.75, 3.05) is 0 Å². The van der Waals surface area contributed by atoms with Crippen molar-refractivity contribution in [2.24, 2.45) is 5.92 Å². The van der Waals surface area contributed by atoms with Crippen LogP contribution in [-0.2, 0) is 0 Å². The van der Waals surface area contributed by atoms with E-state index < -0.39 is 5.97 Å². The van der Waals surface area contributed by atoms with Crippen LogP contribution in [-0.4, -0.2) is 16.9 Å². The fourth-order valence-corrected chi connectivity index (χ4v) is 2.07. The molecular formula is C16H22O3. The summed E-state index contributed by atoms with van der Waals surface area (Å²) >= 11 is 0. The SMILES string of the molecule is CCCCCCC(C)C(=O)c1ccc(C(=O)O)cc1. The summed E-state index contributed by atoms with van der Waals surface area (Å²) in [5, 5.41) is 8.81. The number of aromatic carboxylic acids is 1. The van der Waals surface area contributed by atoms with Crippen molar-refractivity contribution in [1.82, 2.24) is 0 Å². The molecule has 1 rings (SSSR count). The minimum atomic E-state index is -0.966. The minimum Gasteiger partial charge on any atom is -0.478 e. The zero-order valence-corrected chi connectivity index (χ0v) is 11.7. The molecule has 1 N–H and O–H groups in total. The highest BCUT2D eigenvalue weighted by Gasteiger charge is 2.15. The number of rotatable bonds is 8. The number of carboxylic acids is 1. The average Bonchev–Trinajstić information content (AvgIpc) is 2.42. The van der Waals surface area contributed by atoms with Crippen LogP contribution in [0.25, 0.3) is 0 Å². The Morgan fingerprint density at radius 3 is 2.16 bits per heavy atom. The van der Waals surface area contributed by atoms with E-state index in [-0.39, 0.29) is 17.3 Å². The molecule has 0 spiro atoms. The highest BCUT2D eigenvalue weighted by molar-refractivity contribution is 5.98. The number of unbranched alkanes of at least 4 members (excludes halogenated alkanes) is 3. The Balaban J connectivity index is 2.54. The van der Waals surface area contributed by atoms with E-state index in [0.29, 0.717) is 5.56 Å². The van der Waals surface area contributed by atoms with Crippen LogP contribution in [0.15, 0.2) is 24.3 Å². The molecule has 1 aromatic rings. The molecule has 0 radical (unpaired) electrons. The first-order valence-electron chi connectivity index (χ1n) is 6.93. The van der Waals surface area contributed by atoms with Gasteiger partial charge < -0.3 is 5.11 Å². The predicted octanol–water partition coefficient (Wildman–Crippen LogP) is 4.17. The quantitative estimate of drug-likeness (QED) is 0.565. The second-order valence-corrected chi connectivity index (χ2v) is 5.00. The summed E-state index contributed by atoms with van der Waals surface area (Å²) < 4.78 is 0. The van der Waals surface area contributed by atoms with E-state index in [4.69, 9.17) is 5.11 Å². The largest absolute Gasteiger partial charge is 0.478 e. The van der Waals surface area contributed by atoms with Crippen LogP contribution in [0, 0.1) is 5.92 Å². The summed E-state index contributed by atoms with van der Waals surface area (Å²) in [6, 6.07) is 6.18. The topological polar surface area (TPSA) is 54.4 Å². The monoisotopic (exact) mass is 262 g/mol. The van der Waals surface area contributed by atoms with Crippen molar-refractivity contribution in [3.63, 3.8) is 0 Å². The molecule has 0 bridgehead atoms. The fraction of sp³-hybridized carbons (Fsp3) is 0.500. The van der Waals surface area contributed by atoms with Gasteiger partial charge in [-0.05, 0) is 18.6 Å². The Morgan fingerprint density at radius 2 is 1.63 bits per heavy atom. The molecule has 19 heavy (non-hydrogen) atoms. The third kappa shape index (κ3) is 4.86. The molecule has 0 saturated heterocycles. The van der Waals surface area contributed by atoms with Gasteiger partial charge in [0.05, 0.1) is 5.56 Å². The molecule has 1 atom stereocenters. The molecule has 0 aliphatic heterocycles. The lowest BCUT2D eigenvalue weighted by Gasteiger charge is -2.10. The highest BCUT2D eigenvalue weighted by Crippen LogP contribution is 2.16. The number of Topliss-reactive ketones (excluding diaryl/α,β-unsaturated/α-hetero) is 1. The Labute approximate surface area is 114 Å². The van der Waals surface area contributed by atoms with Gasteiger partial charge in [0.2, 0.25) is 0 Å². The molecule has 0 aliphatic rings.